The van der Waals surface area contributed by atoms with Crippen LogP contribution in [0.15, 0.2) is 78.0 Å². The van der Waals surface area contributed by atoms with Gasteiger partial charge in [0.05, 0.1) is 5.75 Å². The number of benzene rings is 3. The zero-order valence-electron chi connectivity index (χ0n) is 16.8. The van der Waals surface area contributed by atoms with Crippen LogP contribution in [0.1, 0.15) is 10.4 Å². The molecule has 4 aromatic rings. The Kier molecular flexibility index (Phi) is 5.18. The molecule has 0 spiro atoms. The first-order valence-electron chi connectivity index (χ1n) is 9.80. The Labute approximate surface area is 183 Å². The summed E-state index contributed by atoms with van der Waals surface area (Å²) in [6.07, 6.45) is 0. The van der Waals surface area contributed by atoms with E-state index in [4.69, 9.17) is 9.47 Å². The van der Waals surface area contributed by atoms with Crippen LogP contribution in [-0.2, 0) is 7.05 Å². The van der Waals surface area contributed by atoms with Crippen LogP contribution in [-0.4, -0.2) is 33.1 Å². The molecule has 0 saturated heterocycles. The Balaban J connectivity index is 1.27. The average Bonchev–Trinajstić information content (AvgIpc) is 3.44. The van der Waals surface area contributed by atoms with Gasteiger partial charge in [0.2, 0.25) is 6.79 Å². The van der Waals surface area contributed by atoms with Crippen molar-refractivity contribution in [2.45, 2.75) is 5.16 Å². The first-order chi connectivity index (χ1) is 15.2. The van der Waals surface area contributed by atoms with Crippen LogP contribution >= 0.6 is 11.8 Å². The number of Topliss-reactive ketones (excluding diaryl/α,β-unsaturated/α-hetero) is 1. The number of ether oxygens (including phenoxy) is 2. The lowest BCUT2D eigenvalue weighted by atomic mass is 10.0. The number of nitrogens with zero attached hydrogens (tertiary/aromatic N) is 3. The maximum Gasteiger partial charge on any atom is 0.231 e. The van der Waals surface area contributed by atoms with Gasteiger partial charge in [0.15, 0.2) is 28.3 Å². The number of rotatable bonds is 6. The summed E-state index contributed by atoms with van der Waals surface area (Å²) in [6.45, 7) is 0.229. The number of carbonyl (C=O) groups excluding carboxylic acids is 1. The minimum absolute atomic E-state index is 0.0530. The highest BCUT2D eigenvalue weighted by molar-refractivity contribution is 7.99. The van der Waals surface area contributed by atoms with Gasteiger partial charge in [-0.2, -0.15) is 0 Å². The quantitative estimate of drug-likeness (QED) is 0.322. The molecule has 3 aromatic carbocycles. The molecule has 0 fully saturated rings. The molecule has 0 radical (unpaired) electrons. The molecule has 0 unspecified atom stereocenters. The van der Waals surface area contributed by atoms with Gasteiger partial charge in [-0.1, -0.05) is 66.4 Å². The number of hydrogen-bond donors (Lipinski definition) is 0. The third kappa shape index (κ3) is 3.92. The number of fused-ring (bicyclic) bond motifs is 1. The second-order valence-electron chi connectivity index (χ2n) is 7.09. The van der Waals surface area contributed by atoms with Crippen LogP contribution < -0.4 is 9.47 Å². The second-order valence-corrected chi connectivity index (χ2v) is 8.03. The fourth-order valence-electron chi connectivity index (χ4n) is 3.42. The molecule has 1 aromatic heterocycles. The van der Waals surface area contributed by atoms with Crippen molar-refractivity contribution in [3.8, 4) is 34.0 Å². The first-order valence-corrected chi connectivity index (χ1v) is 10.8. The van der Waals surface area contributed by atoms with Gasteiger partial charge in [0, 0.05) is 18.2 Å². The molecule has 154 valence electrons. The highest BCUT2D eigenvalue weighted by Gasteiger charge is 2.18. The summed E-state index contributed by atoms with van der Waals surface area (Å²) in [5, 5.41) is 9.23. The Morgan fingerprint density at radius 2 is 1.61 bits per heavy atom. The smallest absolute Gasteiger partial charge is 0.231 e. The number of thioether (sulfide) groups is 1. The van der Waals surface area contributed by atoms with Crippen LogP contribution in [0, 0.1) is 0 Å². The molecule has 0 amide bonds. The van der Waals surface area contributed by atoms with Crippen molar-refractivity contribution < 1.29 is 14.3 Å². The predicted octanol–water partition coefficient (Wildman–Crippen LogP) is 4.85. The van der Waals surface area contributed by atoms with E-state index in [0.717, 1.165) is 22.4 Å². The topological polar surface area (TPSA) is 66.2 Å². The first kappa shape index (κ1) is 19.4. The molecule has 31 heavy (non-hydrogen) atoms. The molecular weight excluding hydrogens is 410 g/mol. The molecular formula is C24H19N3O3S. The molecule has 2 heterocycles. The van der Waals surface area contributed by atoms with Crippen LogP contribution in [0.3, 0.4) is 0 Å². The summed E-state index contributed by atoms with van der Waals surface area (Å²) in [6, 6.07) is 23.5. The van der Waals surface area contributed by atoms with E-state index in [-0.39, 0.29) is 18.3 Å². The fraction of sp³-hybridized carbons (Fsp3) is 0.125. The van der Waals surface area contributed by atoms with Gasteiger partial charge in [-0.25, -0.2) is 0 Å². The molecule has 1 aliphatic rings. The van der Waals surface area contributed by atoms with Gasteiger partial charge in [0.1, 0.15) is 0 Å². The molecule has 1 aliphatic heterocycles. The largest absolute Gasteiger partial charge is 0.454 e. The van der Waals surface area contributed by atoms with E-state index in [0.29, 0.717) is 22.3 Å². The minimum Gasteiger partial charge on any atom is -0.454 e. The predicted molar refractivity (Wildman–Crippen MR) is 119 cm³/mol. The summed E-state index contributed by atoms with van der Waals surface area (Å²) in [4.78, 5) is 12.7. The Morgan fingerprint density at radius 1 is 0.903 bits per heavy atom. The van der Waals surface area contributed by atoms with Crippen LogP contribution in [0.2, 0.25) is 0 Å². The van der Waals surface area contributed by atoms with Crippen molar-refractivity contribution in [3.05, 3.63) is 78.4 Å². The van der Waals surface area contributed by atoms with Crippen molar-refractivity contribution in [1.82, 2.24) is 14.8 Å². The van der Waals surface area contributed by atoms with Crippen LogP contribution in [0.4, 0.5) is 0 Å². The van der Waals surface area contributed by atoms with Crippen LogP contribution in [0.25, 0.3) is 22.5 Å². The normalized spacial score (nSPS) is 12.2. The van der Waals surface area contributed by atoms with Crippen molar-refractivity contribution in [3.63, 3.8) is 0 Å². The standard InChI is InChI=1S/C24H19N3O3S/c1-27-23(19-11-12-21-22(13-19)30-15-29-21)25-26-24(27)31-14-20(28)18-9-7-17(8-10-18)16-5-3-2-4-6-16/h2-13H,14-15H2,1H3. The Morgan fingerprint density at radius 3 is 2.42 bits per heavy atom. The Hall–Kier alpha value is -3.58. The van der Waals surface area contributed by atoms with Crippen molar-refractivity contribution in [2.24, 2.45) is 7.05 Å². The number of ketones is 1. The molecule has 0 bridgehead atoms. The van der Waals surface area contributed by atoms with Gasteiger partial charge >= 0.3 is 0 Å². The summed E-state index contributed by atoms with van der Waals surface area (Å²) >= 11 is 1.38. The third-order valence-corrected chi connectivity index (χ3v) is 6.13. The Bertz CT molecular complexity index is 1240. The highest BCUT2D eigenvalue weighted by atomic mass is 32.2. The summed E-state index contributed by atoms with van der Waals surface area (Å²) in [5.41, 5.74) is 3.79. The fourth-order valence-corrected chi connectivity index (χ4v) is 4.23. The van der Waals surface area contributed by atoms with E-state index in [2.05, 4.69) is 22.3 Å². The van der Waals surface area contributed by atoms with Crippen molar-refractivity contribution >= 4 is 17.5 Å². The highest BCUT2D eigenvalue weighted by Crippen LogP contribution is 2.36. The summed E-state index contributed by atoms with van der Waals surface area (Å²) in [7, 11) is 1.89. The lowest BCUT2D eigenvalue weighted by molar-refractivity contribution is 0.102. The van der Waals surface area contributed by atoms with Crippen molar-refractivity contribution in [2.75, 3.05) is 12.5 Å². The monoisotopic (exact) mass is 429 g/mol. The van der Waals surface area contributed by atoms with E-state index in [1.54, 1.807) is 0 Å². The molecule has 6 nitrogen and oxygen atoms in total. The number of carbonyl (C=O) groups is 1. The zero-order chi connectivity index (χ0) is 21.2. The number of aromatic nitrogens is 3. The van der Waals surface area contributed by atoms with Crippen molar-refractivity contribution in [1.29, 1.82) is 0 Å². The molecule has 0 saturated carbocycles. The van der Waals surface area contributed by atoms with Gasteiger partial charge in [-0.15, -0.1) is 10.2 Å². The van der Waals surface area contributed by atoms with Gasteiger partial charge in [-0.05, 0) is 29.3 Å². The summed E-state index contributed by atoms with van der Waals surface area (Å²) < 4.78 is 12.7. The van der Waals surface area contributed by atoms with E-state index in [1.807, 2.05) is 72.3 Å². The molecule has 0 N–H and O–H groups in total. The zero-order valence-corrected chi connectivity index (χ0v) is 17.6. The lowest BCUT2D eigenvalue weighted by Crippen LogP contribution is -2.04. The van der Waals surface area contributed by atoms with Gasteiger partial charge in [-0.3, -0.25) is 4.79 Å². The van der Waals surface area contributed by atoms with E-state index < -0.39 is 0 Å². The van der Waals surface area contributed by atoms with Crippen LogP contribution in [0.5, 0.6) is 11.5 Å². The minimum atomic E-state index is 0.0530. The third-order valence-electron chi connectivity index (χ3n) is 5.11. The average molecular weight is 430 g/mol. The van der Waals surface area contributed by atoms with Gasteiger partial charge < -0.3 is 14.0 Å². The molecule has 0 atom stereocenters. The maximum atomic E-state index is 12.7. The second kappa shape index (κ2) is 8.28. The van der Waals surface area contributed by atoms with E-state index in [1.165, 1.54) is 11.8 Å². The molecule has 0 aliphatic carbocycles. The van der Waals surface area contributed by atoms with E-state index in [9.17, 15) is 4.79 Å². The summed E-state index contributed by atoms with van der Waals surface area (Å²) in [5.74, 6) is 2.48. The van der Waals surface area contributed by atoms with E-state index >= 15 is 0 Å². The van der Waals surface area contributed by atoms with Gasteiger partial charge in [0.25, 0.3) is 0 Å². The maximum absolute atomic E-state index is 12.7. The lowest BCUT2D eigenvalue weighted by Gasteiger charge is -2.06. The molecule has 5 rings (SSSR count). The molecule has 7 heteroatoms. The number of hydrogen-bond acceptors (Lipinski definition) is 6. The SMILES string of the molecule is Cn1c(SCC(=O)c2ccc(-c3ccccc3)cc2)nnc1-c1ccc2c(c1)OCO2.